The van der Waals surface area contributed by atoms with Crippen molar-refractivity contribution in [2.75, 3.05) is 0 Å². The van der Waals surface area contributed by atoms with Gasteiger partial charge in [-0.3, -0.25) is 0 Å². The first kappa shape index (κ1) is 15.4. The molecule has 0 bridgehead atoms. The molecule has 0 atom stereocenters. The number of nitrogens with one attached hydrogen (secondary N) is 1. The van der Waals surface area contributed by atoms with Gasteiger partial charge in [-0.2, -0.15) is 0 Å². The number of aromatic nitrogens is 1. The molecule has 5 nitrogen and oxygen atoms in total. The monoisotopic (exact) mass is 398 g/mol. The molecule has 2 heterocycles. The molecule has 1 N–H and O–H groups in total. The molecule has 3 aromatic rings. The van der Waals surface area contributed by atoms with E-state index in [4.69, 9.17) is 4.42 Å². The molecule has 1 aromatic carbocycles. The molecule has 8 heteroatoms. The molecule has 0 saturated heterocycles. The van der Waals surface area contributed by atoms with Crippen LogP contribution in [0.15, 0.2) is 62.2 Å². The standard InChI is InChI=1S/C14H11BrN2O3S2/c15-12-3-1-11(2-4-12)14-17-13(9-21-14)22(18,19)16-7-10-5-6-20-8-10/h1-6,8-9,16H,7H2. The molecule has 22 heavy (non-hydrogen) atoms. The number of benzene rings is 1. The average Bonchev–Trinajstić information content (AvgIpc) is 3.18. The highest BCUT2D eigenvalue weighted by Crippen LogP contribution is 2.26. The Morgan fingerprint density at radius 1 is 1.23 bits per heavy atom. The van der Waals surface area contributed by atoms with Crippen LogP contribution < -0.4 is 4.72 Å². The van der Waals surface area contributed by atoms with E-state index in [1.165, 1.54) is 29.2 Å². The number of sulfonamides is 1. The third-order valence-electron chi connectivity index (χ3n) is 2.90. The van der Waals surface area contributed by atoms with Gasteiger partial charge in [0.25, 0.3) is 10.0 Å². The van der Waals surface area contributed by atoms with Crippen LogP contribution in [0.25, 0.3) is 10.6 Å². The predicted molar refractivity (Wildman–Crippen MR) is 88.0 cm³/mol. The first-order valence-electron chi connectivity index (χ1n) is 6.27. The molecule has 0 aliphatic heterocycles. The number of halogens is 1. The maximum absolute atomic E-state index is 12.2. The van der Waals surface area contributed by atoms with Crippen molar-refractivity contribution in [3.05, 3.63) is 58.3 Å². The maximum atomic E-state index is 12.2. The van der Waals surface area contributed by atoms with E-state index in [9.17, 15) is 8.42 Å². The van der Waals surface area contributed by atoms with Crippen molar-refractivity contribution in [2.24, 2.45) is 0 Å². The Morgan fingerprint density at radius 3 is 2.68 bits per heavy atom. The second-order valence-corrected chi connectivity index (χ2v) is 7.94. The second-order valence-electron chi connectivity index (χ2n) is 4.45. The summed E-state index contributed by atoms with van der Waals surface area (Å²) in [4.78, 5) is 4.21. The van der Waals surface area contributed by atoms with Gasteiger partial charge in [0.05, 0.1) is 12.5 Å². The molecular formula is C14H11BrN2O3S2. The predicted octanol–water partition coefficient (Wildman–Crippen LogP) is 3.64. The Balaban J connectivity index is 1.78. The number of hydrogen-bond donors (Lipinski definition) is 1. The maximum Gasteiger partial charge on any atom is 0.259 e. The Labute approximate surface area is 140 Å². The molecule has 0 unspecified atom stereocenters. The summed E-state index contributed by atoms with van der Waals surface area (Å²) in [5.74, 6) is 0. The fourth-order valence-electron chi connectivity index (χ4n) is 1.75. The molecule has 0 aliphatic carbocycles. The van der Waals surface area contributed by atoms with Crippen LogP contribution in [-0.4, -0.2) is 13.4 Å². The third-order valence-corrected chi connectivity index (χ3v) is 5.75. The Hall–Kier alpha value is -1.48. The smallest absolute Gasteiger partial charge is 0.259 e. The van der Waals surface area contributed by atoms with E-state index < -0.39 is 10.0 Å². The van der Waals surface area contributed by atoms with Gasteiger partial charge in [0.2, 0.25) is 0 Å². The highest BCUT2D eigenvalue weighted by atomic mass is 79.9. The zero-order valence-corrected chi connectivity index (χ0v) is 14.4. The van der Waals surface area contributed by atoms with E-state index in [0.29, 0.717) is 5.01 Å². The normalized spacial score (nSPS) is 11.7. The number of nitrogens with zero attached hydrogens (tertiary/aromatic N) is 1. The molecule has 0 radical (unpaired) electrons. The largest absolute Gasteiger partial charge is 0.472 e. The number of thiazole rings is 1. The van der Waals surface area contributed by atoms with Gasteiger partial charge in [-0.15, -0.1) is 11.3 Å². The molecule has 0 saturated carbocycles. The van der Waals surface area contributed by atoms with Crippen molar-refractivity contribution < 1.29 is 12.8 Å². The zero-order chi connectivity index (χ0) is 15.6. The molecule has 114 valence electrons. The van der Waals surface area contributed by atoms with Crippen LogP contribution in [0.1, 0.15) is 5.56 Å². The summed E-state index contributed by atoms with van der Waals surface area (Å²) in [5.41, 5.74) is 1.64. The molecule has 2 aromatic heterocycles. The van der Waals surface area contributed by atoms with Gasteiger partial charge in [-0.1, -0.05) is 28.1 Å². The lowest BCUT2D eigenvalue weighted by molar-refractivity contribution is 0.560. The minimum Gasteiger partial charge on any atom is -0.472 e. The highest BCUT2D eigenvalue weighted by molar-refractivity contribution is 9.10. The average molecular weight is 399 g/mol. The molecule has 3 rings (SSSR count). The van der Waals surface area contributed by atoms with Crippen molar-refractivity contribution >= 4 is 37.3 Å². The molecule has 0 fully saturated rings. The fraction of sp³-hybridized carbons (Fsp3) is 0.0714. The van der Waals surface area contributed by atoms with Crippen molar-refractivity contribution in [3.8, 4) is 10.6 Å². The summed E-state index contributed by atoms with van der Waals surface area (Å²) in [6, 6.07) is 9.26. The molecular weight excluding hydrogens is 388 g/mol. The Bertz CT molecular complexity index is 856. The van der Waals surface area contributed by atoms with E-state index in [0.717, 1.165) is 15.6 Å². The van der Waals surface area contributed by atoms with Crippen molar-refractivity contribution in [2.45, 2.75) is 11.6 Å². The van der Waals surface area contributed by atoms with Gasteiger partial charge in [-0.05, 0) is 18.2 Å². The van der Waals surface area contributed by atoms with E-state index in [-0.39, 0.29) is 11.6 Å². The van der Waals surface area contributed by atoms with Crippen LogP contribution >= 0.6 is 27.3 Å². The van der Waals surface area contributed by atoms with Crippen LogP contribution in [0, 0.1) is 0 Å². The summed E-state index contributed by atoms with van der Waals surface area (Å²) >= 11 is 4.66. The zero-order valence-electron chi connectivity index (χ0n) is 11.2. The van der Waals surface area contributed by atoms with E-state index in [1.807, 2.05) is 24.3 Å². The first-order chi connectivity index (χ1) is 10.5. The lowest BCUT2D eigenvalue weighted by atomic mass is 10.2. The van der Waals surface area contributed by atoms with Crippen LogP contribution in [0.2, 0.25) is 0 Å². The number of rotatable bonds is 5. The van der Waals surface area contributed by atoms with Gasteiger partial charge in [0, 0.05) is 27.5 Å². The van der Waals surface area contributed by atoms with Crippen LogP contribution in [0.4, 0.5) is 0 Å². The highest BCUT2D eigenvalue weighted by Gasteiger charge is 2.18. The van der Waals surface area contributed by atoms with Crippen LogP contribution in [0.5, 0.6) is 0 Å². The van der Waals surface area contributed by atoms with Gasteiger partial charge >= 0.3 is 0 Å². The lowest BCUT2D eigenvalue weighted by Crippen LogP contribution is -2.23. The first-order valence-corrected chi connectivity index (χ1v) is 9.42. The van der Waals surface area contributed by atoms with E-state index >= 15 is 0 Å². The number of hydrogen-bond acceptors (Lipinski definition) is 5. The number of furan rings is 1. The van der Waals surface area contributed by atoms with Crippen LogP contribution in [0.3, 0.4) is 0 Å². The van der Waals surface area contributed by atoms with Crippen LogP contribution in [-0.2, 0) is 16.6 Å². The van der Waals surface area contributed by atoms with Gasteiger partial charge in [-0.25, -0.2) is 18.1 Å². The molecule has 0 spiro atoms. The molecule has 0 amide bonds. The minimum absolute atomic E-state index is 0.0268. The van der Waals surface area contributed by atoms with E-state index in [2.05, 4.69) is 25.6 Å². The summed E-state index contributed by atoms with van der Waals surface area (Å²) in [6.07, 6.45) is 2.99. The second kappa shape index (κ2) is 6.33. The Morgan fingerprint density at radius 2 is 2.00 bits per heavy atom. The van der Waals surface area contributed by atoms with Gasteiger partial charge in [0.1, 0.15) is 5.01 Å². The van der Waals surface area contributed by atoms with Gasteiger partial charge in [0.15, 0.2) is 5.03 Å². The summed E-state index contributed by atoms with van der Waals surface area (Å²) in [6.45, 7) is 0.171. The topological polar surface area (TPSA) is 72.2 Å². The van der Waals surface area contributed by atoms with Crippen molar-refractivity contribution in [1.29, 1.82) is 0 Å². The van der Waals surface area contributed by atoms with Gasteiger partial charge < -0.3 is 4.42 Å². The quantitative estimate of drug-likeness (QED) is 0.711. The molecule has 0 aliphatic rings. The summed E-state index contributed by atoms with van der Waals surface area (Å²) < 4.78 is 32.8. The summed E-state index contributed by atoms with van der Waals surface area (Å²) in [5, 5.41) is 2.23. The third kappa shape index (κ3) is 3.46. The fourth-order valence-corrected chi connectivity index (χ4v) is 4.13. The van der Waals surface area contributed by atoms with Crippen molar-refractivity contribution in [1.82, 2.24) is 9.71 Å². The van der Waals surface area contributed by atoms with Crippen molar-refractivity contribution in [3.63, 3.8) is 0 Å². The minimum atomic E-state index is -3.63. The lowest BCUT2D eigenvalue weighted by Gasteiger charge is -2.02. The Kier molecular flexibility index (Phi) is 4.44. The van der Waals surface area contributed by atoms with E-state index in [1.54, 1.807) is 6.07 Å². The SMILES string of the molecule is O=S(=O)(NCc1ccoc1)c1csc(-c2ccc(Br)cc2)n1. The summed E-state index contributed by atoms with van der Waals surface area (Å²) in [7, 11) is -3.63.